The van der Waals surface area contributed by atoms with Gasteiger partial charge >= 0.3 is 0 Å². The zero-order valence-electron chi connectivity index (χ0n) is 20.3. The molecule has 4 aromatic rings. The number of carbonyl (C=O) groups excluding carboxylic acids is 2. The second-order valence-corrected chi connectivity index (χ2v) is 9.79. The van der Waals surface area contributed by atoms with Crippen molar-refractivity contribution in [1.82, 2.24) is 19.7 Å². The molecule has 0 saturated carbocycles. The first-order valence-corrected chi connectivity index (χ1v) is 12.7. The highest BCUT2D eigenvalue weighted by Crippen LogP contribution is 2.33. The second-order valence-electron chi connectivity index (χ2n) is 8.84. The summed E-state index contributed by atoms with van der Waals surface area (Å²) in [6.07, 6.45) is 3.70. The van der Waals surface area contributed by atoms with Gasteiger partial charge in [-0.05, 0) is 56.7 Å². The molecule has 1 atom stereocenters. The Morgan fingerprint density at radius 1 is 1.08 bits per heavy atom. The second kappa shape index (κ2) is 9.94. The van der Waals surface area contributed by atoms with E-state index in [1.54, 1.807) is 17.3 Å². The summed E-state index contributed by atoms with van der Waals surface area (Å²) < 4.78 is 1.98. The standard InChI is InChI=1S/C27H26N6O2S/c1-17-10-11-22(18(2)13-17)33-26(20-7-6-12-28-15-20)30-31-27(33)36-16-25(35)32-19(3)14-24(34)29-21-8-4-5-9-23(21)32/h4-13,15,19H,14,16H2,1-3H3,(H,29,34)/t19-/m1/s1. The molecular formula is C27H26N6O2S. The molecule has 2 amide bonds. The van der Waals surface area contributed by atoms with E-state index in [-0.39, 0.29) is 30.0 Å². The van der Waals surface area contributed by atoms with Gasteiger partial charge in [0.15, 0.2) is 11.0 Å². The van der Waals surface area contributed by atoms with Crippen LogP contribution < -0.4 is 10.2 Å². The van der Waals surface area contributed by atoms with Crippen molar-refractivity contribution in [1.29, 1.82) is 0 Å². The lowest BCUT2D eigenvalue weighted by atomic mass is 10.1. The molecule has 1 aliphatic heterocycles. The third kappa shape index (κ3) is 4.61. The quantitative estimate of drug-likeness (QED) is 0.397. The van der Waals surface area contributed by atoms with E-state index in [1.165, 1.54) is 11.8 Å². The van der Waals surface area contributed by atoms with Gasteiger partial charge in [0, 0.05) is 30.4 Å². The summed E-state index contributed by atoms with van der Waals surface area (Å²) in [4.78, 5) is 31.8. The number of anilines is 2. The molecule has 0 aliphatic carbocycles. The number of fused-ring (bicyclic) bond motifs is 1. The lowest BCUT2D eigenvalue weighted by Crippen LogP contribution is -2.40. The number of amides is 2. The van der Waals surface area contributed by atoms with E-state index < -0.39 is 0 Å². The van der Waals surface area contributed by atoms with Gasteiger partial charge in [0.2, 0.25) is 11.8 Å². The zero-order chi connectivity index (χ0) is 25.2. The first kappa shape index (κ1) is 23.7. The minimum absolute atomic E-state index is 0.102. The Bertz CT molecular complexity index is 1440. The normalized spacial score (nSPS) is 15.2. The van der Waals surface area contributed by atoms with Gasteiger partial charge < -0.3 is 10.2 Å². The van der Waals surface area contributed by atoms with Crippen LogP contribution in [-0.4, -0.2) is 43.4 Å². The third-order valence-electron chi connectivity index (χ3n) is 6.10. The first-order chi connectivity index (χ1) is 17.4. The van der Waals surface area contributed by atoms with Gasteiger partial charge in [-0.1, -0.05) is 41.6 Å². The fraction of sp³-hybridized carbons (Fsp3) is 0.222. The Kier molecular flexibility index (Phi) is 6.56. The van der Waals surface area contributed by atoms with Gasteiger partial charge in [-0.15, -0.1) is 10.2 Å². The molecule has 182 valence electrons. The summed E-state index contributed by atoms with van der Waals surface area (Å²) >= 11 is 1.33. The number of aryl methyl sites for hydroxylation is 2. The van der Waals surface area contributed by atoms with Crippen molar-refractivity contribution in [3.05, 3.63) is 78.1 Å². The Balaban J connectivity index is 1.49. The van der Waals surface area contributed by atoms with Crippen LogP contribution in [0.5, 0.6) is 0 Å². The number of aromatic nitrogens is 4. The maximum absolute atomic E-state index is 13.5. The van der Waals surface area contributed by atoms with E-state index in [1.807, 2.05) is 54.0 Å². The number of rotatable bonds is 5. The topological polar surface area (TPSA) is 93.0 Å². The number of carbonyl (C=O) groups is 2. The number of thioether (sulfide) groups is 1. The van der Waals surface area contributed by atoms with Crippen LogP contribution in [0.25, 0.3) is 17.1 Å². The van der Waals surface area contributed by atoms with Gasteiger partial charge in [0.25, 0.3) is 0 Å². The van der Waals surface area contributed by atoms with E-state index in [2.05, 4.69) is 46.5 Å². The summed E-state index contributed by atoms with van der Waals surface area (Å²) in [5.41, 5.74) is 5.36. The summed E-state index contributed by atoms with van der Waals surface area (Å²) in [5.74, 6) is 0.597. The first-order valence-electron chi connectivity index (χ1n) is 11.7. The maximum Gasteiger partial charge on any atom is 0.237 e. The molecular weight excluding hydrogens is 472 g/mol. The van der Waals surface area contributed by atoms with Gasteiger partial charge in [-0.25, -0.2) is 0 Å². The van der Waals surface area contributed by atoms with Crippen LogP contribution >= 0.6 is 11.8 Å². The minimum Gasteiger partial charge on any atom is -0.324 e. The van der Waals surface area contributed by atoms with Gasteiger partial charge in [0.1, 0.15) is 0 Å². The molecule has 2 aromatic carbocycles. The fourth-order valence-corrected chi connectivity index (χ4v) is 5.29. The average Bonchev–Trinajstić information content (AvgIpc) is 3.22. The Hall–Kier alpha value is -3.98. The molecule has 1 aliphatic rings. The highest BCUT2D eigenvalue weighted by atomic mass is 32.2. The van der Waals surface area contributed by atoms with E-state index in [9.17, 15) is 9.59 Å². The SMILES string of the molecule is Cc1ccc(-n2c(SCC(=O)N3c4ccccc4NC(=O)C[C@H]3C)nnc2-c2cccnc2)c(C)c1. The van der Waals surface area contributed by atoms with Crippen molar-refractivity contribution >= 4 is 35.0 Å². The van der Waals surface area contributed by atoms with E-state index in [0.29, 0.717) is 22.4 Å². The van der Waals surface area contributed by atoms with Crippen LogP contribution in [0.4, 0.5) is 11.4 Å². The largest absolute Gasteiger partial charge is 0.324 e. The van der Waals surface area contributed by atoms with E-state index >= 15 is 0 Å². The number of pyridine rings is 1. The van der Waals surface area contributed by atoms with Crippen molar-refractivity contribution in [2.24, 2.45) is 0 Å². The number of benzene rings is 2. The number of para-hydroxylation sites is 2. The number of hydrogen-bond acceptors (Lipinski definition) is 6. The van der Waals surface area contributed by atoms with Gasteiger partial charge in [0.05, 0.1) is 22.8 Å². The molecule has 0 radical (unpaired) electrons. The van der Waals surface area contributed by atoms with Crippen molar-refractivity contribution in [3.8, 4) is 17.1 Å². The molecule has 0 spiro atoms. The minimum atomic E-state index is -0.273. The third-order valence-corrected chi connectivity index (χ3v) is 7.01. The highest BCUT2D eigenvalue weighted by molar-refractivity contribution is 7.99. The molecule has 0 saturated heterocycles. The molecule has 0 bridgehead atoms. The van der Waals surface area contributed by atoms with Crippen LogP contribution in [-0.2, 0) is 9.59 Å². The Morgan fingerprint density at radius 2 is 1.92 bits per heavy atom. The number of hydrogen-bond donors (Lipinski definition) is 1. The molecule has 0 unspecified atom stereocenters. The van der Waals surface area contributed by atoms with Gasteiger partial charge in [-0.2, -0.15) is 0 Å². The van der Waals surface area contributed by atoms with Crippen LogP contribution in [0, 0.1) is 13.8 Å². The van der Waals surface area contributed by atoms with Crippen LogP contribution in [0.2, 0.25) is 0 Å². The summed E-state index contributed by atoms with van der Waals surface area (Å²) in [6, 6.07) is 17.1. The van der Waals surface area contributed by atoms with Crippen LogP contribution in [0.1, 0.15) is 24.5 Å². The smallest absolute Gasteiger partial charge is 0.237 e. The van der Waals surface area contributed by atoms with Crippen LogP contribution in [0.3, 0.4) is 0 Å². The molecule has 0 fully saturated rings. The Labute approximate surface area is 213 Å². The molecule has 9 heteroatoms. The van der Waals surface area contributed by atoms with Crippen molar-refractivity contribution in [2.75, 3.05) is 16.0 Å². The predicted octanol–water partition coefficient (Wildman–Crippen LogP) is 4.80. The summed E-state index contributed by atoms with van der Waals surface area (Å²) in [7, 11) is 0. The van der Waals surface area contributed by atoms with E-state index in [4.69, 9.17) is 0 Å². The molecule has 5 rings (SSSR count). The highest BCUT2D eigenvalue weighted by Gasteiger charge is 2.30. The number of nitrogens with one attached hydrogen (secondary N) is 1. The molecule has 8 nitrogen and oxygen atoms in total. The lowest BCUT2D eigenvalue weighted by molar-refractivity contribution is -0.117. The molecule has 2 aromatic heterocycles. The lowest BCUT2D eigenvalue weighted by Gasteiger charge is -2.27. The van der Waals surface area contributed by atoms with Gasteiger partial charge in [-0.3, -0.25) is 19.1 Å². The monoisotopic (exact) mass is 498 g/mol. The summed E-state index contributed by atoms with van der Waals surface area (Å²) in [6.45, 7) is 6.00. The molecule has 1 N–H and O–H groups in total. The number of nitrogens with zero attached hydrogens (tertiary/aromatic N) is 5. The Morgan fingerprint density at radius 3 is 2.69 bits per heavy atom. The predicted molar refractivity (Wildman–Crippen MR) is 141 cm³/mol. The molecule has 3 heterocycles. The molecule has 36 heavy (non-hydrogen) atoms. The average molecular weight is 499 g/mol. The van der Waals surface area contributed by atoms with Crippen LogP contribution in [0.15, 0.2) is 72.1 Å². The van der Waals surface area contributed by atoms with E-state index in [0.717, 1.165) is 22.4 Å². The zero-order valence-corrected chi connectivity index (χ0v) is 21.1. The van der Waals surface area contributed by atoms with Crippen molar-refractivity contribution in [2.45, 2.75) is 38.4 Å². The van der Waals surface area contributed by atoms with Crippen molar-refractivity contribution < 1.29 is 9.59 Å². The fourth-order valence-electron chi connectivity index (χ4n) is 4.48. The maximum atomic E-state index is 13.5. The summed E-state index contributed by atoms with van der Waals surface area (Å²) in [5, 5.41) is 12.4. The van der Waals surface area contributed by atoms with Crippen molar-refractivity contribution in [3.63, 3.8) is 0 Å².